The summed E-state index contributed by atoms with van der Waals surface area (Å²) in [4.78, 5) is 2.84. The maximum atomic E-state index is 3.37. The molecule has 0 aromatic heterocycles. The molecule has 1 N–H and O–H groups in total. The van der Waals surface area contributed by atoms with Crippen LogP contribution in [-0.4, -0.2) is 37.1 Å². The molecule has 3 unspecified atom stereocenters. The molecule has 1 saturated heterocycles. The summed E-state index contributed by atoms with van der Waals surface area (Å²) in [5.41, 5.74) is 0. The molecule has 0 bridgehead atoms. The minimum Gasteiger partial charge on any atom is -0.318 e. The van der Waals surface area contributed by atoms with Crippen molar-refractivity contribution in [3.05, 3.63) is 0 Å². The molecule has 2 aliphatic rings. The Bertz CT molecular complexity index is 203. The van der Waals surface area contributed by atoms with E-state index in [2.05, 4.69) is 24.2 Å². The molecule has 16 heavy (non-hydrogen) atoms. The molecule has 2 rings (SSSR count). The Hall–Kier alpha value is -0.0800. The van der Waals surface area contributed by atoms with Crippen LogP contribution in [0.15, 0.2) is 0 Å². The normalized spacial score (nSPS) is 33.4. The average Bonchev–Trinajstić information content (AvgIpc) is 2.35. The Morgan fingerprint density at radius 1 is 1.19 bits per heavy atom. The smallest absolute Gasteiger partial charge is 0.0220 e. The maximum Gasteiger partial charge on any atom is 0.0220 e. The number of nitrogens with one attached hydrogen (secondary N) is 1. The van der Waals surface area contributed by atoms with Gasteiger partial charge in [0.15, 0.2) is 0 Å². The van der Waals surface area contributed by atoms with Crippen LogP contribution in [0.3, 0.4) is 0 Å². The summed E-state index contributed by atoms with van der Waals surface area (Å²) in [7, 11) is 2.09. The number of likely N-dealkylation sites (tertiary alicyclic amines) is 1. The second-order valence-electron chi connectivity index (χ2n) is 5.61. The molecular formula is C14H28N2. The van der Waals surface area contributed by atoms with E-state index in [1.54, 1.807) is 0 Å². The first kappa shape index (κ1) is 12.4. The topological polar surface area (TPSA) is 15.3 Å². The number of piperidine rings is 1. The lowest BCUT2D eigenvalue weighted by Crippen LogP contribution is -2.53. The summed E-state index contributed by atoms with van der Waals surface area (Å²) in [5, 5.41) is 3.37. The number of rotatable bonds is 4. The Kier molecular flexibility index (Phi) is 4.66. The zero-order valence-corrected chi connectivity index (χ0v) is 11.0. The highest BCUT2D eigenvalue weighted by molar-refractivity contribution is 4.90. The largest absolute Gasteiger partial charge is 0.318 e. The number of hydrogen-bond acceptors (Lipinski definition) is 2. The Morgan fingerprint density at radius 2 is 1.94 bits per heavy atom. The van der Waals surface area contributed by atoms with Crippen LogP contribution >= 0.6 is 0 Å². The molecule has 1 aliphatic carbocycles. The highest BCUT2D eigenvalue weighted by Crippen LogP contribution is 2.36. The molecule has 0 radical (unpaired) electrons. The molecule has 2 nitrogen and oxygen atoms in total. The molecule has 3 atom stereocenters. The third-order valence-electron chi connectivity index (χ3n) is 4.67. The SMILES string of the molecule is CCC(CNC)N1CCCC2CCCCC21. The Labute approximate surface area is 101 Å². The fraction of sp³-hybridized carbons (Fsp3) is 1.00. The van der Waals surface area contributed by atoms with Gasteiger partial charge in [-0.1, -0.05) is 19.8 Å². The van der Waals surface area contributed by atoms with Crippen molar-refractivity contribution in [1.82, 2.24) is 10.2 Å². The van der Waals surface area contributed by atoms with E-state index in [9.17, 15) is 0 Å². The molecule has 0 aromatic carbocycles. The van der Waals surface area contributed by atoms with Crippen LogP contribution in [0.1, 0.15) is 51.9 Å². The van der Waals surface area contributed by atoms with Gasteiger partial charge >= 0.3 is 0 Å². The molecule has 94 valence electrons. The minimum absolute atomic E-state index is 0.774. The summed E-state index contributed by atoms with van der Waals surface area (Å²) in [6.45, 7) is 4.86. The first-order chi connectivity index (χ1) is 7.86. The number of nitrogens with zero attached hydrogens (tertiary/aromatic N) is 1. The predicted molar refractivity (Wildman–Crippen MR) is 69.7 cm³/mol. The fourth-order valence-electron chi connectivity index (χ4n) is 3.85. The zero-order valence-electron chi connectivity index (χ0n) is 11.0. The molecule has 1 heterocycles. The van der Waals surface area contributed by atoms with Gasteiger partial charge in [0, 0.05) is 18.6 Å². The van der Waals surface area contributed by atoms with E-state index in [4.69, 9.17) is 0 Å². The molecule has 2 heteroatoms. The highest BCUT2D eigenvalue weighted by atomic mass is 15.2. The van der Waals surface area contributed by atoms with E-state index in [0.29, 0.717) is 0 Å². The van der Waals surface area contributed by atoms with Gasteiger partial charge in [0.25, 0.3) is 0 Å². The third-order valence-corrected chi connectivity index (χ3v) is 4.67. The number of hydrogen-bond donors (Lipinski definition) is 1. The van der Waals surface area contributed by atoms with Gasteiger partial charge < -0.3 is 5.32 Å². The van der Waals surface area contributed by atoms with Crippen molar-refractivity contribution in [1.29, 1.82) is 0 Å². The van der Waals surface area contributed by atoms with Gasteiger partial charge in [0.1, 0.15) is 0 Å². The summed E-state index contributed by atoms with van der Waals surface area (Å²) < 4.78 is 0. The van der Waals surface area contributed by atoms with Gasteiger partial charge in [-0.05, 0) is 51.6 Å². The van der Waals surface area contributed by atoms with Crippen LogP contribution < -0.4 is 5.32 Å². The van der Waals surface area contributed by atoms with Gasteiger partial charge in [0.2, 0.25) is 0 Å². The highest BCUT2D eigenvalue weighted by Gasteiger charge is 2.35. The van der Waals surface area contributed by atoms with Crippen molar-refractivity contribution >= 4 is 0 Å². The van der Waals surface area contributed by atoms with Crippen LogP contribution in [0.5, 0.6) is 0 Å². The minimum atomic E-state index is 0.774. The monoisotopic (exact) mass is 224 g/mol. The Balaban J connectivity index is 2.00. The molecule has 1 saturated carbocycles. The van der Waals surface area contributed by atoms with Crippen LogP contribution in [0, 0.1) is 5.92 Å². The van der Waals surface area contributed by atoms with Crippen molar-refractivity contribution < 1.29 is 0 Å². The molecule has 0 amide bonds. The van der Waals surface area contributed by atoms with Crippen molar-refractivity contribution in [2.24, 2.45) is 5.92 Å². The maximum absolute atomic E-state index is 3.37. The first-order valence-corrected chi connectivity index (χ1v) is 7.27. The lowest BCUT2D eigenvalue weighted by Gasteiger charge is -2.47. The van der Waals surface area contributed by atoms with Crippen molar-refractivity contribution in [2.45, 2.75) is 64.0 Å². The van der Waals surface area contributed by atoms with E-state index in [0.717, 1.165) is 18.0 Å². The summed E-state index contributed by atoms with van der Waals surface area (Å²) in [6, 6.07) is 1.69. The van der Waals surface area contributed by atoms with E-state index in [1.165, 1.54) is 58.0 Å². The lowest BCUT2D eigenvalue weighted by molar-refractivity contribution is 0.0249. The van der Waals surface area contributed by atoms with Crippen LogP contribution in [0.4, 0.5) is 0 Å². The fourth-order valence-corrected chi connectivity index (χ4v) is 3.85. The molecular weight excluding hydrogens is 196 g/mol. The van der Waals surface area contributed by atoms with Crippen LogP contribution in [0.25, 0.3) is 0 Å². The van der Waals surface area contributed by atoms with Crippen molar-refractivity contribution in [3.63, 3.8) is 0 Å². The van der Waals surface area contributed by atoms with E-state index in [-0.39, 0.29) is 0 Å². The Morgan fingerprint density at radius 3 is 2.69 bits per heavy atom. The van der Waals surface area contributed by atoms with Gasteiger partial charge in [-0.2, -0.15) is 0 Å². The van der Waals surface area contributed by atoms with Gasteiger partial charge in [0.05, 0.1) is 0 Å². The van der Waals surface area contributed by atoms with Crippen molar-refractivity contribution in [3.8, 4) is 0 Å². The quantitative estimate of drug-likeness (QED) is 0.790. The van der Waals surface area contributed by atoms with E-state index >= 15 is 0 Å². The van der Waals surface area contributed by atoms with Gasteiger partial charge in [-0.3, -0.25) is 4.90 Å². The average molecular weight is 224 g/mol. The zero-order chi connectivity index (χ0) is 11.4. The molecule has 1 aliphatic heterocycles. The standard InChI is InChI=1S/C14H28N2/c1-3-13(11-15-2)16-10-6-8-12-7-4-5-9-14(12)16/h12-15H,3-11H2,1-2H3. The first-order valence-electron chi connectivity index (χ1n) is 7.27. The molecule has 0 spiro atoms. The van der Waals surface area contributed by atoms with Crippen LogP contribution in [0.2, 0.25) is 0 Å². The van der Waals surface area contributed by atoms with Gasteiger partial charge in [-0.15, -0.1) is 0 Å². The second-order valence-corrected chi connectivity index (χ2v) is 5.61. The van der Waals surface area contributed by atoms with Crippen LogP contribution in [-0.2, 0) is 0 Å². The van der Waals surface area contributed by atoms with Gasteiger partial charge in [-0.25, -0.2) is 0 Å². The summed E-state index contributed by atoms with van der Waals surface area (Å²) in [5.74, 6) is 1.02. The van der Waals surface area contributed by atoms with E-state index in [1.807, 2.05) is 0 Å². The number of likely N-dealkylation sites (N-methyl/N-ethyl adjacent to an activating group) is 1. The lowest BCUT2D eigenvalue weighted by atomic mass is 9.77. The molecule has 2 fully saturated rings. The summed E-state index contributed by atoms with van der Waals surface area (Å²) in [6.07, 6.45) is 10.1. The predicted octanol–water partition coefficient (Wildman–Crippen LogP) is 2.64. The number of fused-ring (bicyclic) bond motifs is 1. The van der Waals surface area contributed by atoms with Crippen molar-refractivity contribution in [2.75, 3.05) is 20.1 Å². The third kappa shape index (κ3) is 2.60. The summed E-state index contributed by atoms with van der Waals surface area (Å²) >= 11 is 0. The molecule has 0 aromatic rings. The van der Waals surface area contributed by atoms with E-state index < -0.39 is 0 Å². The second kappa shape index (κ2) is 6.02.